The molecule has 0 aliphatic rings. The first kappa shape index (κ1) is 9.77. The molecule has 0 saturated carbocycles. The lowest BCUT2D eigenvalue weighted by atomic mass is 9.87. The summed E-state index contributed by atoms with van der Waals surface area (Å²) in [4.78, 5) is 18.1. The summed E-state index contributed by atoms with van der Waals surface area (Å²) in [6, 6.07) is 0. The maximum Gasteiger partial charge on any atom is 0.223 e. The molecule has 0 atom stereocenters. The number of hydrogen-bond acceptors (Lipinski definition) is 2. The van der Waals surface area contributed by atoms with Crippen LogP contribution in [0.25, 0.3) is 0 Å². The molecule has 3 N–H and O–H groups in total. The second-order valence-corrected chi connectivity index (χ2v) is 3.92. The molecule has 0 aliphatic carbocycles. The summed E-state index contributed by atoms with van der Waals surface area (Å²) in [5, 5.41) is 0. The summed E-state index contributed by atoms with van der Waals surface area (Å²) in [7, 11) is 0. The van der Waals surface area contributed by atoms with E-state index in [1.54, 1.807) is 6.20 Å². The Kier molecular flexibility index (Phi) is 2.40. The number of amides is 1. The van der Waals surface area contributed by atoms with E-state index in [9.17, 15) is 4.79 Å². The van der Waals surface area contributed by atoms with Crippen molar-refractivity contribution in [2.45, 2.75) is 27.2 Å². The lowest BCUT2D eigenvalue weighted by Crippen LogP contribution is -2.33. The molecule has 13 heavy (non-hydrogen) atoms. The number of H-pyrrole nitrogens is 1. The van der Waals surface area contributed by atoms with Crippen LogP contribution in [0.1, 0.15) is 25.4 Å². The maximum absolute atomic E-state index is 11.0. The molecule has 0 bridgehead atoms. The Morgan fingerprint density at radius 3 is 2.69 bits per heavy atom. The van der Waals surface area contributed by atoms with Gasteiger partial charge in [-0.15, -0.1) is 0 Å². The van der Waals surface area contributed by atoms with Crippen LogP contribution in [0.2, 0.25) is 0 Å². The first-order chi connectivity index (χ1) is 5.92. The minimum absolute atomic E-state index is 0.292. The van der Waals surface area contributed by atoms with Gasteiger partial charge in [-0.2, -0.15) is 0 Å². The van der Waals surface area contributed by atoms with Gasteiger partial charge in [0.1, 0.15) is 5.82 Å². The first-order valence-electron chi connectivity index (χ1n) is 4.22. The lowest BCUT2D eigenvalue weighted by molar-refractivity contribution is -0.125. The molecule has 1 heterocycles. The third-order valence-corrected chi connectivity index (χ3v) is 2.05. The van der Waals surface area contributed by atoms with Gasteiger partial charge in [-0.1, -0.05) is 13.8 Å². The van der Waals surface area contributed by atoms with E-state index in [0.717, 1.165) is 11.5 Å². The van der Waals surface area contributed by atoms with Crippen LogP contribution in [-0.2, 0) is 11.2 Å². The third kappa shape index (κ3) is 2.31. The van der Waals surface area contributed by atoms with Crippen molar-refractivity contribution in [2.24, 2.45) is 11.1 Å². The van der Waals surface area contributed by atoms with Gasteiger partial charge in [0.05, 0.1) is 0 Å². The van der Waals surface area contributed by atoms with Gasteiger partial charge in [0.25, 0.3) is 0 Å². The van der Waals surface area contributed by atoms with Crippen molar-refractivity contribution in [3.05, 3.63) is 17.7 Å². The number of nitrogens with zero attached hydrogens (tertiary/aromatic N) is 1. The summed E-state index contributed by atoms with van der Waals surface area (Å²) in [6.07, 6.45) is 2.34. The number of carbonyl (C=O) groups is 1. The largest absolute Gasteiger partial charge is 0.369 e. The number of aryl methyl sites for hydroxylation is 1. The fraction of sp³-hybridized carbons (Fsp3) is 0.556. The van der Waals surface area contributed by atoms with E-state index >= 15 is 0 Å². The van der Waals surface area contributed by atoms with Crippen LogP contribution in [0.5, 0.6) is 0 Å². The van der Waals surface area contributed by atoms with E-state index in [2.05, 4.69) is 9.97 Å². The number of nitrogens with one attached hydrogen (secondary N) is 1. The second-order valence-electron chi connectivity index (χ2n) is 3.92. The average Bonchev–Trinajstić information content (AvgIpc) is 2.34. The molecule has 4 nitrogen and oxygen atoms in total. The number of rotatable bonds is 3. The zero-order valence-electron chi connectivity index (χ0n) is 8.22. The number of hydrogen-bond donors (Lipinski definition) is 2. The van der Waals surface area contributed by atoms with Gasteiger partial charge in [0.2, 0.25) is 5.91 Å². The van der Waals surface area contributed by atoms with E-state index in [4.69, 9.17) is 5.73 Å². The van der Waals surface area contributed by atoms with E-state index < -0.39 is 5.41 Å². The molecule has 0 saturated heterocycles. The Hall–Kier alpha value is -1.32. The van der Waals surface area contributed by atoms with Crippen LogP contribution in [0, 0.1) is 12.3 Å². The third-order valence-electron chi connectivity index (χ3n) is 2.05. The van der Waals surface area contributed by atoms with Crippen molar-refractivity contribution in [2.75, 3.05) is 0 Å². The highest BCUT2D eigenvalue weighted by Gasteiger charge is 2.25. The Morgan fingerprint density at radius 2 is 2.31 bits per heavy atom. The monoisotopic (exact) mass is 181 g/mol. The fourth-order valence-electron chi connectivity index (χ4n) is 1.12. The van der Waals surface area contributed by atoms with Gasteiger partial charge in [0.15, 0.2) is 0 Å². The van der Waals surface area contributed by atoms with Crippen molar-refractivity contribution in [3.63, 3.8) is 0 Å². The molecular weight excluding hydrogens is 166 g/mol. The number of nitrogens with two attached hydrogens (primary N) is 1. The van der Waals surface area contributed by atoms with Crippen LogP contribution in [-0.4, -0.2) is 15.9 Å². The number of imidazole rings is 1. The summed E-state index contributed by atoms with van der Waals surface area (Å²) in [6.45, 7) is 5.53. The molecule has 0 spiro atoms. The molecule has 0 fully saturated rings. The van der Waals surface area contributed by atoms with Gasteiger partial charge in [-0.25, -0.2) is 4.98 Å². The van der Waals surface area contributed by atoms with E-state index in [0.29, 0.717) is 6.42 Å². The van der Waals surface area contributed by atoms with Crippen LogP contribution in [0.4, 0.5) is 0 Å². The standard InChI is InChI=1S/C9H15N3O/c1-6-11-5-7(12-6)4-9(2,3)8(10)13/h5H,4H2,1-3H3,(H2,10,13)(H,11,12). The highest BCUT2D eigenvalue weighted by atomic mass is 16.1. The molecule has 1 rings (SSSR count). The van der Waals surface area contributed by atoms with Crippen molar-refractivity contribution >= 4 is 5.91 Å². The quantitative estimate of drug-likeness (QED) is 0.723. The molecule has 0 radical (unpaired) electrons. The van der Waals surface area contributed by atoms with Gasteiger partial charge in [0, 0.05) is 23.7 Å². The van der Waals surface area contributed by atoms with Crippen molar-refractivity contribution in [3.8, 4) is 0 Å². The molecule has 4 heteroatoms. The summed E-state index contributed by atoms with van der Waals surface area (Å²) >= 11 is 0. The molecule has 0 unspecified atom stereocenters. The number of aromatic nitrogens is 2. The predicted octanol–water partition coefficient (Wildman–Crippen LogP) is 0.772. The highest BCUT2D eigenvalue weighted by Crippen LogP contribution is 2.19. The molecule has 1 amide bonds. The lowest BCUT2D eigenvalue weighted by Gasteiger charge is -2.18. The minimum Gasteiger partial charge on any atom is -0.369 e. The Labute approximate surface area is 77.6 Å². The van der Waals surface area contributed by atoms with Crippen LogP contribution in [0.15, 0.2) is 6.20 Å². The van der Waals surface area contributed by atoms with E-state index in [1.807, 2.05) is 20.8 Å². The molecule has 0 aliphatic heterocycles. The fourth-order valence-corrected chi connectivity index (χ4v) is 1.12. The van der Waals surface area contributed by atoms with E-state index in [-0.39, 0.29) is 5.91 Å². The van der Waals surface area contributed by atoms with Gasteiger partial charge in [-0.05, 0) is 6.92 Å². The predicted molar refractivity (Wildman–Crippen MR) is 50.0 cm³/mol. The molecular formula is C9H15N3O. The summed E-state index contributed by atoms with van der Waals surface area (Å²) in [5.41, 5.74) is 5.68. The number of aromatic amines is 1. The Bertz CT molecular complexity index is 314. The van der Waals surface area contributed by atoms with Crippen LogP contribution < -0.4 is 5.73 Å². The topological polar surface area (TPSA) is 71.8 Å². The first-order valence-corrected chi connectivity index (χ1v) is 4.22. The summed E-state index contributed by atoms with van der Waals surface area (Å²) < 4.78 is 0. The highest BCUT2D eigenvalue weighted by molar-refractivity contribution is 5.80. The second kappa shape index (κ2) is 3.20. The van der Waals surface area contributed by atoms with Gasteiger partial charge in [-0.3, -0.25) is 4.79 Å². The zero-order chi connectivity index (χ0) is 10.1. The molecule has 0 aromatic carbocycles. The van der Waals surface area contributed by atoms with Crippen LogP contribution in [0.3, 0.4) is 0 Å². The maximum atomic E-state index is 11.0. The van der Waals surface area contributed by atoms with Gasteiger partial charge >= 0.3 is 0 Å². The number of primary amides is 1. The number of carbonyl (C=O) groups excluding carboxylic acids is 1. The normalized spacial score (nSPS) is 11.6. The van der Waals surface area contributed by atoms with Crippen molar-refractivity contribution in [1.82, 2.24) is 9.97 Å². The van der Waals surface area contributed by atoms with E-state index in [1.165, 1.54) is 0 Å². The zero-order valence-corrected chi connectivity index (χ0v) is 8.22. The van der Waals surface area contributed by atoms with Crippen molar-refractivity contribution in [1.29, 1.82) is 0 Å². The molecule has 72 valence electrons. The van der Waals surface area contributed by atoms with Crippen molar-refractivity contribution < 1.29 is 4.79 Å². The minimum atomic E-state index is -0.515. The smallest absolute Gasteiger partial charge is 0.223 e. The molecule has 1 aromatic heterocycles. The van der Waals surface area contributed by atoms with Crippen LogP contribution >= 0.6 is 0 Å². The average molecular weight is 181 g/mol. The Morgan fingerprint density at radius 1 is 1.69 bits per heavy atom. The SMILES string of the molecule is Cc1ncc(CC(C)(C)C(N)=O)[nH]1. The Balaban J connectivity index is 2.74. The van der Waals surface area contributed by atoms with Gasteiger partial charge < -0.3 is 10.7 Å². The summed E-state index contributed by atoms with van der Waals surface area (Å²) in [5.74, 6) is 0.565. The molecule has 1 aromatic rings.